The molecule has 0 N–H and O–H groups in total. The van der Waals surface area contributed by atoms with Crippen molar-refractivity contribution in [2.75, 3.05) is 13.6 Å². The van der Waals surface area contributed by atoms with E-state index >= 15 is 0 Å². The highest BCUT2D eigenvalue weighted by atomic mass is 35.7. The number of benzene rings is 1. The molecule has 1 aromatic carbocycles. The van der Waals surface area contributed by atoms with Gasteiger partial charge in [0.2, 0.25) is 0 Å². The molecule has 0 fully saturated rings. The van der Waals surface area contributed by atoms with Gasteiger partial charge in [-0.25, -0.2) is 8.42 Å². The van der Waals surface area contributed by atoms with Crippen molar-refractivity contribution < 1.29 is 13.2 Å². The molecule has 0 saturated heterocycles. The number of halogens is 2. The van der Waals surface area contributed by atoms with Gasteiger partial charge >= 0.3 is 0 Å². The number of carbonyl (C=O) groups is 1. The molecule has 0 radical (unpaired) electrons. The fourth-order valence-electron chi connectivity index (χ4n) is 1.79. The first kappa shape index (κ1) is 17.3. The van der Waals surface area contributed by atoms with Gasteiger partial charge in [-0.2, -0.15) is 0 Å². The van der Waals surface area contributed by atoms with Gasteiger partial charge in [0.05, 0.1) is 15.5 Å². The molecule has 0 spiro atoms. The van der Waals surface area contributed by atoms with Crippen molar-refractivity contribution in [3.63, 3.8) is 0 Å². The maximum atomic E-state index is 12.4. The summed E-state index contributed by atoms with van der Waals surface area (Å²) in [5.41, 5.74) is -0.0741. The lowest BCUT2D eigenvalue weighted by molar-refractivity contribution is 0.0771. The Balaban J connectivity index is 3.22. The number of carbonyl (C=O) groups excluding carboxylic acids is 1. The van der Waals surface area contributed by atoms with Crippen LogP contribution >= 0.6 is 22.3 Å². The van der Waals surface area contributed by atoms with E-state index < -0.39 is 15.0 Å². The van der Waals surface area contributed by atoms with Crippen LogP contribution in [0.1, 0.15) is 30.6 Å². The lowest BCUT2D eigenvalue weighted by Crippen LogP contribution is -2.32. The molecule has 1 unspecified atom stereocenters. The summed E-state index contributed by atoms with van der Waals surface area (Å²) in [4.78, 5) is 13.6. The average Bonchev–Trinajstić information content (AvgIpc) is 2.36. The van der Waals surface area contributed by atoms with Crippen molar-refractivity contribution in [2.45, 2.75) is 25.2 Å². The molecule has 7 heteroatoms. The van der Waals surface area contributed by atoms with E-state index in [4.69, 9.17) is 22.3 Å². The molecule has 1 rings (SSSR count). The van der Waals surface area contributed by atoms with Gasteiger partial charge in [0.25, 0.3) is 15.0 Å². The monoisotopic (exact) mass is 337 g/mol. The van der Waals surface area contributed by atoms with Gasteiger partial charge in [0, 0.05) is 24.3 Å². The highest BCUT2D eigenvalue weighted by molar-refractivity contribution is 8.13. The summed E-state index contributed by atoms with van der Waals surface area (Å²) in [5.74, 6) is -0.141. The molecule has 0 aromatic heterocycles. The van der Waals surface area contributed by atoms with Gasteiger partial charge in [-0.05, 0) is 18.1 Å². The third kappa shape index (κ3) is 4.11. The van der Waals surface area contributed by atoms with E-state index in [-0.39, 0.29) is 15.5 Å². The van der Waals surface area contributed by atoms with E-state index in [1.54, 1.807) is 7.05 Å². The van der Waals surface area contributed by atoms with Crippen LogP contribution in [0.4, 0.5) is 0 Å². The molecule has 1 aromatic rings. The summed E-state index contributed by atoms with van der Waals surface area (Å²) >= 11 is 5.97. The molecule has 112 valence electrons. The van der Waals surface area contributed by atoms with Crippen molar-refractivity contribution in [3.8, 4) is 0 Å². The second kappa shape index (κ2) is 6.78. The van der Waals surface area contributed by atoms with Crippen molar-refractivity contribution in [1.29, 1.82) is 0 Å². The van der Waals surface area contributed by atoms with Gasteiger partial charge in [0.15, 0.2) is 0 Å². The summed E-state index contributed by atoms with van der Waals surface area (Å²) < 4.78 is 23.1. The fourth-order valence-corrected chi connectivity index (χ4v) is 3.16. The fraction of sp³-hybridized carbons (Fsp3) is 0.462. The summed E-state index contributed by atoms with van der Waals surface area (Å²) in [7, 11) is 2.95. The Hall–Kier alpha value is -0.780. The van der Waals surface area contributed by atoms with E-state index in [1.807, 2.05) is 13.8 Å². The van der Waals surface area contributed by atoms with Gasteiger partial charge in [-0.15, -0.1) is 0 Å². The van der Waals surface area contributed by atoms with E-state index in [0.717, 1.165) is 6.42 Å². The first-order chi connectivity index (χ1) is 9.18. The lowest BCUT2D eigenvalue weighted by atomic mass is 10.1. The predicted molar refractivity (Wildman–Crippen MR) is 80.9 cm³/mol. The largest absolute Gasteiger partial charge is 0.341 e. The van der Waals surface area contributed by atoms with Gasteiger partial charge in [0.1, 0.15) is 0 Å². The smallest absolute Gasteiger partial charge is 0.262 e. The predicted octanol–water partition coefficient (Wildman–Crippen LogP) is 3.39. The summed E-state index contributed by atoms with van der Waals surface area (Å²) in [6.45, 7) is 4.55. The van der Waals surface area contributed by atoms with E-state index in [0.29, 0.717) is 12.5 Å². The first-order valence-electron chi connectivity index (χ1n) is 6.17. The second-order valence-corrected chi connectivity index (χ2v) is 7.69. The average molecular weight is 338 g/mol. The molecule has 0 bridgehead atoms. The van der Waals surface area contributed by atoms with Crippen molar-refractivity contribution in [3.05, 3.63) is 28.8 Å². The van der Waals surface area contributed by atoms with Crippen molar-refractivity contribution >= 4 is 37.2 Å². The minimum absolute atomic E-state index is 0.0741. The molecule has 0 heterocycles. The third-order valence-electron chi connectivity index (χ3n) is 3.08. The Morgan fingerprint density at radius 3 is 2.50 bits per heavy atom. The second-order valence-electron chi connectivity index (χ2n) is 4.75. The zero-order valence-electron chi connectivity index (χ0n) is 11.6. The summed E-state index contributed by atoms with van der Waals surface area (Å²) in [6.07, 6.45) is 0.917. The Bertz CT molecular complexity index is 602. The normalized spacial score (nSPS) is 13.1. The molecular weight excluding hydrogens is 321 g/mol. The van der Waals surface area contributed by atoms with Gasteiger partial charge in [-0.1, -0.05) is 37.9 Å². The number of amides is 1. The molecule has 1 atom stereocenters. The maximum Gasteiger partial charge on any atom is 0.262 e. The lowest BCUT2D eigenvalue weighted by Gasteiger charge is -2.22. The molecule has 4 nitrogen and oxygen atoms in total. The van der Waals surface area contributed by atoms with Crippen LogP contribution < -0.4 is 0 Å². The summed E-state index contributed by atoms with van der Waals surface area (Å²) in [5, 5.41) is 0.0766. The van der Waals surface area contributed by atoms with Gasteiger partial charge < -0.3 is 4.90 Å². The Morgan fingerprint density at radius 2 is 2.00 bits per heavy atom. The molecule has 0 saturated carbocycles. The highest BCUT2D eigenvalue weighted by Crippen LogP contribution is 2.27. The molecule has 20 heavy (non-hydrogen) atoms. The molecule has 0 aliphatic heterocycles. The third-order valence-corrected chi connectivity index (χ3v) is 4.76. The number of hydrogen-bond donors (Lipinski definition) is 0. The summed E-state index contributed by atoms with van der Waals surface area (Å²) in [6, 6.07) is 4.19. The van der Waals surface area contributed by atoms with E-state index in [9.17, 15) is 13.2 Å². The quantitative estimate of drug-likeness (QED) is 0.774. The van der Waals surface area contributed by atoms with Crippen LogP contribution in [0.2, 0.25) is 5.02 Å². The molecule has 0 aliphatic rings. The minimum Gasteiger partial charge on any atom is -0.341 e. The van der Waals surface area contributed by atoms with Crippen molar-refractivity contribution in [2.24, 2.45) is 5.92 Å². The number of rotatable bonds is 5. The Kier molecular flexibility index (Phi) is 5.86. The molecular formula is C13H17Cl2NO3S. The van der Waals surface area contributed by atoms with Crippen LogP contribution in [0, 0.1) is 5.92 Å². The zero-order valence-corrected chi connectivity index (χ0v) is 13.9. The Labute approximate surface area is 129 Å². The first-order valence-corrected chi connectivity index (χ1v) is 8.85. The van der Waals surface area contributed by atoms with Crippen LogP contribution in [-0.2, 0) is 9.05 Å². The van der Waals surface area contributed by atoms with E-state index in [2.05, 4.69) is 0 Å². The van der Waals surface area contributed by atoms with Crippen molar-refractivity contribution in [1.82, 2.24) is 4.90 Å². The highest BCUT2D eigenvalue weighted by Gasteiger charge is 2.25. The maximum absolute atomic E-state index is 12.4. The number of nitrogens with zero attached hydrogens (tertiary/aromatic N) is 1. The number of hydrogen-bond acceptors (Lipinski definition) is 3. The van der Waals surface area contributed by atoms with Crippen LogP contribution in [0.3, 0.4) is 0 Å². The van der Waals surface area contributed by atoms with Crippen LogP contribution in [-0.4, -0.2) is 32.8 Å². The van der Waals surface area contributed by atoms with E-state index in [1.165, 1.54) is 23.1 Å². The van der Waals surface area contributed by atoms with Crippen LogP contribution in [0.5, 0.6) is 0 Å². The minimum atomic E-state index is -4.03. The van der Waals surface area contributed by atoms with Crippen LogP contribution in [0.15, 0.2) is 23.1 Å². The van der Waals surface area contributed by atoms with Gasteiger partial charge in [-0.3, -0.25) is 4.79 Å². The van der Waals surface area contributed by atoms with Crippen LogP contribution in [0.25, 0.3) is 0 Å². The standard InChI is InChI=1S/C13H17Cl2NO3S/c1-4-9(2)8-16(3)13(17)12-10(14)6-5-7-11(12)20(15,18)19/h5-7,9H,4,8H2,1-3H3. The molecule has 0 aliphatic carbocycles. The topological polar surface area (TPSA) is 54.5 Å². The molecule has 1 amide bonds. The SMILES string of the molecule is CCC(C)CN(C)C(=O)c1c(Cl)cccc1S(=O)(=O)Cl. The zero-order chi connectivity index (χ0) is 15.5. The Morgan fingerprint density at radius 1 is 1.40 bits per heavy atom.